The predicted molar refractivity (Wildman–Crippen MR) is 134 cm³/mol. The maximum Gasteiger partial charge on any atom is 0.255 e. The molecule has 3 heterocycles. The Morgan fingerprint density at radius 2 is 1.79 bits per heavy atom. The maximum absolute atomic E-state index is 12.7. The highest BCUT2D eigenvalue weighted by Crippen LogP contribution is 2.34. The molecule has 176 valence electrons. The van der Waals surface area contributed by atoms with Gasteiger partial charge in [0.25, 0.3) is 5.91 Å². The van der Waals surface area contributed by atoms with Gasteiger partial charge in [-0.1, -0.05) is 23.5 Å². The van der Waals surface area contributed by atoms with Crippen LogP contribution < -0.4 is 19.7 Å². The van der Waals surface area contributed by atoms with Crippen molar-refractivity contribution in [3.63, 3.8) is 0 Å². The third-order valence-corrected chi connectivity index (χ3v) is 7.36. The number of methoxy groups -OCH3 is 2. The third-order valence-electron chi connectivity index (χ3n) is 6.15. The largest absolute Gasteiger partial charge is 0.497 e. The smallest absolute Gasteiger partial charge is 0.255 e. The number of benzene rings is 2. The van der Waals surface area contributed by atoms with Crippen LogP contribution in [-0.2, 0) is 0 Å². The van der Waals surface area contributed by atoms with Crippen molar-refractivity contribution in [1.82, 2.24) is 20.1 Å². The SMILES string of the molecule is COc1ccc(-n2nc(C)c3sc(N4CCC(NC(=O)c5ccccc5OC)CC4)nc32)cc1. The molecular formula is C25H27N5O3S. The lowest BCUT2D eigenvalue weighted by atomic mass is 10.0. The molecule has 0 atom stereocenters. The highest BCUT2D eigenvalue weighted by molar-refractivity contribution is 7.22. The molecule has 1 aliphatic heterocycles. The number of para-hydroxylation sites is 1. The van der Waals surface area contributed by atoms with Gasteiger partial charge in [0.2, 0.25) is 0 Å². The van der Waals surface area contributed by atoms with Gasteiger partial charge in [0.1, 0.15) is 11.5 Å². The van der Waals surface area contributed by atoms with E-state index in [0.717, 1.165) is 58.5 Å². The van der Waals surface area contributed by atoms with Crippen molar-refractivity contribution >= 4 is 32.7 Å². The van der Waals surface area contributed by atoms with Crippen LogP contribution in [0.1, 0.15) is 28.9 Å². The summed E-state index contributed by atoms with van der Waals surface area (Å²) in [4.78, 5) is 20.0. The fraction of sp³-hybridized carbons (Fsp3) is 0.320. The van der Waals surface area contributed by atoms with E-state index in [-0.39, 0.29) is 11.9 Å². The molecule has 2 aromatic carbocycles. The number of aryl methyl sites for hydroxylation is 1. The summed E-state index contributed by atoms with van der Waals surface area (Å²) in [5, 5.41) is 8.86. The molecule has 1 aliphatic rings. The Hall–Kier alpha value is -3.59. The molecule has 0 radical (unpaired) electrons. The number of hydrogen-bond acceptors (Lipinski definition) is 7. The van der Waals surface area contributed by atoms with Crippen molar-refractivity contribution in [2.24, 2.45) is 0 Å². The Labute approximate surface area is 202 Å². The van der Waals surface area contributed by atoms with Crippen molar-refractivity contribution in [3.8, 4) is 17.2 Å². The number of aromatic nitrogens is 3. The van der Waals surface area contributed by atoms with Crippen LogP contribution in [0.15, 0.2) is 48.5 Å². The average molecular weight is 478 g/mol. The molecule has 0 bridgehead atoms. The first-order valence-corrected chi connectivity index (χ1v) is 12.1. The lowest BCUT2D eigenvalue weighted by Gasteiger charge is -2.32. The highest BCUT2D eigenvalue weighted by atomic mass is 32.1. The second-order valence-electron chi connectivity index (χ2n) is 8.28. The predicted octanol–water partition coefficient (Wildman–Crippen LogP) is 4.21. The number of hydrogen-bond donors (Lipinski definition) is 1. The number of carbonyl (C=O) groups excluding carboxylic acids is 1. The fourth-order valence-electron chi connectivity index (χ4n) is 4.27. The Morgan fingerprint density at radius 1 is 1.06 bits per heavy atom. The van der Waals surface area contributed by atoms with Crippen molar-refractivity contribution < 1.29 is 14.3 Å². The van der Waals surface area contributed by atoms with Gasteiger partial charge in [-0.25, -0.2) is 4.68 Å². The van der Waals surface area contributed by atoms with E-state index in [9.17, 15) is 4.79 Å². The van der Waals surface area contributed by atoms with Crippen LogP contribution in [0.25, 0.3) is 16.0 Å². The quantitative estimate of drug-likeness (QED) is 0.448. The summed E-state index contributed by atoms with van der Waals surface area (Å²) in [6.45, 7) is 3.69. The zero-order chi connectivity index (χ0) is 23.7. The van der Waals surface area contributed by atoms with Crippen molar-refractivity contribution in [2.45, 2.75) is 25.8 Å². The number of amides is 1. The summed E-state index contributed by atoms with van der Waals surface area (Å²) >= 11 is 1.67. The van der Waals surface area contributed by atoms with Crippen LogP contribution in [0, 0.1) is 6.92 Å². The molecule has 0 saturated carbocycles. The highest BCUT2D eigenvalue weighted by Gasteiger charge is 2.25. The average Bonchev–Trinajstić information content (AvgIpc) is 3.45. The summed E-state index contributed by atoms with van der Waals surface area (Å²) in [6, 6.07) is 15.3. The lowest BCUT2D eigenvalue weighted by molar-refractivity contribution is 0.0928. The van der Waals surface area contributed by atoms with Gasteiger partial charge in [-0.2, -0.15) is 10.1 Å². The van der Waals surface area contributed by atoms with Gasteiger partial charge in [0.15, 0.2) is 10.8 Å². The first-order chi connectivity index (χ1) is 16.6. The minimum atomic E-state index is -0.0916. The Balaban J connectivity index is 1.28. The molecule has 2 aromatic heterocycles. The summed E-state index contributed by atoms with van der Waals surface area (Å²) in [5.41, 5.74) is 3.36. The van der Waals surface area contributed by atoms with Crippen LogP contribution in [0.2, 0.25) is 0 Å². The Kier molecular flexibility index (Phi) is 6.10. The van der Waals surface area contributed by atoms with Crippen molar-refractivity contribution in [3.05, 3.63) is 59.8 Å². The molecule has 8 nitrogen and oxygen atoms in total. The van der Waals surface area contributed by atoms with Crippen LogP contribution >= 0.6 is 11.3 Å². The Morgan fingerprint density at radius 3 is 2.50 bits per heavy atom. The minimum absolute atomic E-state index is 0.0916. The normalized spacial score (nSPS) is 14.4. The molecule has 5 rings (SSSR count). The molecule has 1 amide bonds. The van der Waals surface area contributed by atoms with Gasteiger partial charge >= 0.3 is 0 Å². The standard InChI is InChI=1S/C25H27N5O3S/c1-16-22-23(30(28-16)18-8-10-19(32-2)11-9-18)27-25(34-22)29-14-12-17(13-15-29)26-24(31)20-6-4-5-7-21(20)33-3/h4-11,17H,12-15H2,1-3H3,(H,26,31). The molecule has 0 unspecified atom stereocenters. The summed E-state index contributed by atoms with van der Waals surface area (Å²) < 4.78 is 13.6. The minimum Gasteiger partial charge on any atom is -0.497 e. The molecule has 1 saturated heterocycles. The lowest BCUT2D eigenvalue weighted by Crippen LogP contribution is -2.44. The first-order valence-electron chi connectivity index (χ1n) is 11.3. The monoisotopic (exact) mass is 477 g/mol. The number of fused-ring (bicyclic) bond motifs is 1. The summed E-state index contributed by atoms with van der Waals surface area (Å²) in [5.74, 6) is 1.31. The summed E-state index contributed by atoms with van der Waals surface area (Å²) in [7, 11) is 3.24. The van der Waals surface area contributed by atoms with Crippen molar-refractivity contribution in [2.75, 3.05) is 32.2 Å². The number of piperidine rings is 1. The topological polar surface area (TPSA) is 81.5 Å². The van der Waals surface area contributed by atoms with Gasteiger partial charge in [-0.15, -0.1) is 0 Å². The molecule has 1 N–H and O–H groups in total. The van der Waals surface area contributed by atoms with E-state index in [4.69, 9.17) is 19.6 Å². The van der Waals surface area contributed by atoms with Gasteiger partial charge in [0.05, 0.1) is 35.9 Å². The van der Waals surface area contributed by atoms with Crippen LogP contribution in [0.4, 0.5) is 5.13 Å². The van der Waals surface area contributed by atoms with E-state index in [1.54, 1.807) is 37.7 Å². The molecular weight excluding hydrogens is 450 g/mol. The van der Waals surface area contributed by atoms with E-state index >= 15 is 0 Å². The van der Waals surface area contributed by atoms with Crippen LogP contribution in [-0.4, -0.2) is 54.0 Å². The maximum atomic E-state index is 12.7. The van der Waals surface area contributed by atoms with E-state index in [2.05, 4.69) is 10.2 Å². The molecule has 1 fully saturated rings. The number of rotatable bonds is 6. The van der Waals surface area contributed by atoms with Gasteiger partial charge in [0, 0.05) is 19.1 Å². The molecule has 4 aromatic rings. The first kappa shape index (κ1) is 22.2. The van der Waals surface area contributed by atoms with Crippen LogP contribution in [0.3, 0.4) is 0 Å². The fourth-order valence-corrected chi connectivity index (χ4v) is 5.31. The van der Waals surface area contributed by atoms with Gasteiger partial charge in [-0.05, 0) is 56.2 Å². The van der Waals surface area contributed by atoms with Gasteiger partial charge in [-0.3, -0.25) is 4.79 Å². The number of nitrogens with zero attached hydrogens (tertiary/aromatic N) is 4. The zero-order valence-electron chi connectivity index (χ0n) is 19.4. The number of thiazole rings is 1. The molecule has 34 heavy (non-hydrogen) atoms. The second-order valence-corrected chi connectivity index (χ2v) is 9.26. The Bertz CT molecular complexity index is 1310. The zero-order valence-corrected chi connectivity index (χ0v) is 20.3. The molecule has 0 spiro atoms. The second kappa shape index (κ2) is 9.34. The number of anilines is 1. The third kappa shape index (κ3) is 4.19. The number of carbonyl (C=O) groups is 1. The van der Waals surface area contributed by atoms with E-state index in [0.29, 0.717) is 11.3 Å². The van der Waals surface area contributed by atoms with Crippen LogP contribution in [0.5, 0.6) is 11.5 Å². The van der Waals surface area contributed by atoms with Gasteiger partial charge < -0.3 is 19.7 Å². The van der Waals surface area contributed by atoms with Crippen molar-refractivity contribution in [1.29, 1.82) is 0 Å². The van der Waals surface area contributed by atoms with E-state index in [1.807, 2.05) is 48.0 Å². The number of ether oxygens (including phenoxy) is 2. The number of nitrogens with one attached hydrogen (secondary N) is 1. The molecule has 9 heteroatoms. The molecule has 0 aliphatic carbocycles. The van der Waals surface area contributed by atoms with E-state index < -0.39 is 0 Å². The summed E-state index contributed by atoms with van der Waals surface area (Å²) in [6.07, 6.45) is 1.72. The van der Waals surface area contributed by atoms with E-state index in [1.165, 1.54) is 0 Å².